The molecule has 0 spiro atoms. The van der Waals surface area contributed by atoms with Gasteiger partial charge in [-0.1, -0.05) is 127 Å². The molecule has 0 saturated heterocycles. The third-order valence-corrected chi connectivity index (χ3v) is 5.90. The number of benzene rings is 1. The summed E-state index contributed by atoms with van der Waals surface area (Å²) in [6.45, 7) is 0.148. The zero-order valence-electron chi connectivity index (χ0n) is 18.8. The predicted molar refractivity (Wildman–Crippen MR) is 125 cm³/mol. The lowest BCUT2D eigenvalue weighted by Gasteiger charge is -2.04. The van der Waals surface area contributed by atoms with Gasteiger partial charge in [-0.2, -0.15) is 0 Å². The van der Waals surface area contributed by atoms with Crippen molar-refractivity contribution in [3.63, 3.8) is 0 Å². The van der Waals surface area contributed by atoms with E-state index in [0.29, 0.717) is 0 Å². The molecule has 0 heterocycles. The molecule has 0 aliphatic carbocycles. The maximum absolute atomic E-state index is 10.2. The summed E-state index contributed by atoms with van der Waals surface area (Å²) in [6.07, 6.45) is 24.9. The van der Waals surface area contributed by atoms with Crippen molar-refractivity contribution in [2.24, 2.45) is 0 Å². The van der Waals surface area contributed by atoms with Gasteiger partial charge in [0, 0.05) is 11.3 Å². The van der Waals surface area contributed by atoms with Crippen LogP contribution in [0.5, 0.6) is 0 Å². The minimum Gasteiger partial charge on any atom is -0.265 e. The standard InChI is InChI=1S/C26H45NO2/c28-27(29)25-21-16-14-12-10-8-6-4-2-1-3-5-7-9-11-13-15-18-22-26-23-19-17-20-24-26/h17,19-20,23-24H,1-16,18,21-22,25H2. The molecule has 0 saturated carbocycles. The van der Waals surface area contributed by atoms with Crippen molar-refractivity contribution in [2.75, 3.05) is 6.54 Å². The van der Waals surface area contributed by atoms with E-state index in [1.165, 1.54) is 115 Å². The van der Waals surface area contributed by atoms with Crippen LogP contribution in [0.25, 0.3) is 0 Å². The van der Waals surface area contributed by atoms with E-state index in [-0.39, 0.29) is 11.5 Å². The molecule has 1 aromatic rings. The number of hydrogen-bond acceptors (Lipinski definition) is 2. The fourth-order valence-electron chi connectivity index (χ4n) is 4.04. The summed E-state index contributed by atoms with van der Waals surface area (Å²) >= 11 is 0. The van der Waals surface area contributed by atoms with Crippen molar-refractivity contribution in [2.45, 2.75) is 122 Å². The molecule has 0 aromatic heterocycles. The van der Waals surface area contributed by atoms with E-state index < -0.39 is 0 Å². The first-order valence-electron chi connectivity index (χ1n) is 12.4. The van der Waals surface area contributed by atoms with Crippen LogP contribution in [0.2, 0.25) is 0 Å². The highest BCUT2D eigenvalue weighted by Gasteiger charge is 1.98. The minimum atomic E-state index is -0.200. The zero-order valence-corrected chi connectivity index (χ0v) is 18.8. The third-order valence-electron chi connectivity index (χ3n) is 5.90. The van der Waals surface area contributed by atoms with E-state index in [2.05, 4.69) is 30.3 Å². The summed E-state index contributed by atoms with van der Waals surface area (Å²) in [5, 5.41) is 10.2. The van der Waals surface area contributed by atoms with Crippen LogP contribution in [0.3, 0.4) is 0 Å². The maximum atomic E-state index is 10.2. The highest BCUT2D eigenvalue weighted by atomic mass is 16.6. The van der Waals surface area contributed by atoms with Gasteiger partial charge in [0.1, 0.15) is 0 Å². The van der Waals surface area contributed by atoms with E-state index in [0.717, 1.165) is 12.8 Å². The van der Waals surface area contributed by atoms with Gasteiger partial charge >= 0.3 is 0 Å². The van der Waals surface area contributed by atoms with E-state index in [9.17, 15) is 10.1 Å². The predicted octanol–water partition coefficient (Wildman–Crippen LogP) is 8.53. The molecule has 0 atom stereocenters. The largest absolute Gasteiger partial charge is 0.265 e. The Labute approximate surface area is 179 Å². The van der Waals surface area contributed by atoms with Crippen molar-refractivity contribution < 1.29 is 4.92 Å². The number of nitro groups is 1. The number of nitrogens with zero attached hydrogens (tertiary/aromatic N) is 1. The Balaban J connectivity index is 1.67. The second-order valence-corrected chi connectivity index (χ2v) is 8.66. The summed E-state index contributed by atoms with van der Waals surface area (Å²) < 4.78 is 0. The molecule has 0 N–H and O–H groups in total. The van der Waals surface area contributed by atoms with Gasteiger partial charge in [0.15, 0.2) is 0 Å². The molecule has 29 heavy (non-hydrogen) atoms. The van der Waals surface area contributed by atoms with Crippen molar-refractivity contribution in [3.05, 3.63) is 46.0 Å². The Kier molecular flexibility index (Phi) is 17.6. The molecule has 3 heteroatoms. The summed E-state index contributed by atoms with van der Waals surface area (Å²) in [4.78, 5) is 10.0. The number of aryl methyl sites for hydroxylation is 1. The van der Waals surface area contributed by atoms with Gasteiger partial charge in [-0.3, -0.25) is 10.1 Å². The van der Waals surface area contributed by atoms with Gasteiger partial charge in [-0.25, -0.2) is 0 Å². The maximum Gasteiger partial charge on any atom is 0.203 e. The normalized spacial score (nSPS) is 11.0. The van der Waals surface area contributed by atoms with Gasteiger partial charge in [-0.05, 0) is 24.8 Å². The van der Waals surface area contributed by atoms with Crippen LogP contribution in [-0.2, 0) is 6.42 Å². The molecule has 0 radical (unpaired) electrons. The molecule has 0 aliphatic heterocycles. The van der Waals surface area contributed by atoms with Crippen LogP contribution in [0.15, 0.2) is 30.3 Å². The Morgan fingerprint density at radius 1 is 0.517 bits per heavy atom. The monoisotopic (exact) mass is 403 g/mol. The van der Waals surface area contributed by atoms with E-state index >= 15 is 0 Å². The average Bonchev–Trinajstić information content (AvgIpc) is 2.73. The molecular formula is C26H45NO2. The summed E-state index contributed by atoms with van der Waals surface area (Å²) in [6, 6.07) is 10.9. The lowest BCUT2D eigenvalue weighted by atomic mass is 10.0. The lowest BCUT2D eigenvalue weighted by Crippen LogP contribution is -1.99. The molecule has 166 valence electrons. The Hall–Kier alpha value is -1.38. The fourth-order valence-corrected chi connectivity index (χ4v) is 4.04. The average molecular weight is 404 g/mol. The molecule has 0 unspecified atom stereocenters. The van der Waals surface area contributed by atoms with Crippen LogP contribution < -0.4 is 0 Å². The molecule has 0 aliphatic rings. The van der Waals surface area contributed by atoms with Crippen LogP contribution >= 0.6 is 0 Å². The summed E-state index contributed by atoms with van der Waals surface area (Å²) in [5.74, 6) is 0. The molecule has 0 amide bonds. The smallest absolute Gasteiger partial charge is 0.203 e. The second kappa shape index (κ2) is 19.9. The first-order chi connectivity index (χ1) is 14.3. The van der Waals surface area contributed by atoms with E-state index in [4.69, 9.17) is 0 Å². The highest BCUT2D eigenvalue weighted by Crippen LogP contribution is 2.15. The minimum absolute atomic E-state index is 0.148. The Morgan fingerprint density at radius 2 is 0.862 bits per heavy atom. The molecule has 0 bridgehead atoms. The van der Waals surface area contributed by atoms with E-state index in [1.54, 1.807) is 0 Å². The van der Waals surface area contributed by atoms with Crippen molar-refractivity contribution in [1.29, 1.82) is 0 Å². The molecular weight excluding hydrogens is 358 g/mol. The second-order valence-electron chi connectivity index (χ2n) is 8.66. The van der Waals surface area contributed by atoms with Crippen LogP contribution in [0.1, 0.15) is 121 Å². The Bertz CT molecular complexity index is 475. The number of hydrogen-bond donors (Lipinski definition) is 0. The van der Waals surface area contributed by atoms with Crippen molar-refractivity contribution in [3.8, 4) is 0 Å². The number of unbranched alkanes of at least 4 members (excludes halogenated alkanes) is 17. The first-order valence-corrected chi connectivity index (χ1v) is 12.4. The fraction of sp³-hybridized carbons (Fsp3) is 0.769. The van der Waals surface area contributed by atoms with Crippen LogP contribution in [0.4, 0.5) is 0 Å². The van der Waals surface area contributed by atoms with Gasteiger partial charge in [0.25, 0.3) is 0 Å². The van der Waals surface area contributed by atoms with Crippen molar-refractivity contribution >= 4 is 0 Å². The number of rotatable bonds is 21. The third kappa shape index (κ3) is 18.4. The molecule has 3 nitrogen and oxygen atoms in total. The highest BCUT2D eigenvalue weighted by molar-refractivity contribution is 5.14. The van der Waals surface area contributed by atoms with E-state index in [1.807, 2.05) is 0 Å². The van der Waals surface area contributed by atoms with Gasteiger partial charge in [-0.15, -0.1) is 0 Å². The zero-order chi connectivity index (χ0) is 20.8. The summed E-state index contributed by atoms with van der Waals surface area (Å²) in [5.41, 5.74) is 1.48. The first kappa shape index (κ1) is 25.7. The van der Waals surface area contributed by atoms with Gasteiger partial charge < -0.3 is 0 Å². The van der Waals surface area contributed by atoms with Crippen LogP contribution in [0, 0.1) is 10.1 Å². The molecule has 1 aromatic carbocycles. The quantitative estimate of drug-likeness (QED) is 0.117. The SMILES string of the molecule is O=[N+]([O-])CCCCCCCCCCCCCCCCCCCCc1ccccc1. The van der Waals surface area contributed by atoms with Gasteiger partial charge in [0.05, 0.1) is 0 Å². The Morgan fingerprint density at radius 3 is 1.24 bits per heavy atom. The van der Waals surface area contributed by atoms with Gasteiger partial charge in [0.2, 0.25) is 6.54 Å². The lowest BCUT2D eigenvalue weighted by molar-refractivity contribution is -0.480. The molecule has 0 fully saturated rings. The summed E-state index contributed by atoms with van der Waals surface area (Å²) in [7, 11) is 0. The van der Waals surface area contributed by atoms with Crippen molar-refractivity contribution in [1.82, 2.24) is 0 Å². The topological polar surface area (TPSA) is 43.1 Å². The molecule has 1 rings (SSSR count). The van der Waals surface area contributed by atoms with Crippen LogP contribution in [-0.4, -0.2) is 11.5 Å².